The third kappa shape index (κ3) is 6.65. The van der Waals surface area contributed by atoms with Gasteiger partial charge in [-0.2, -0.15) is 0 Å². The first-order valence-electron chi connectivity index (χ1n) is 13.2. The fourth-order valence-electron chi connectivity index (χ4n) is 5.24. The molecule has 2 aliphatic heterocycles. The van der Waals surface area contributed by atoms with Gasteiger partial charge in [-0.25, -0.2) is 0 Å². The van der Waals surface area contributed by atoms with Gasteiger partial charge < -0.3 is 24.5 Å². The van der Waals surface area contributed by atoms with Crippen LogP contribution in [0.3, 0.4) is 0 Å². The molecule has 0 spiro atoms. The van der Waals surface area contributed by atoms with Crippen molar-refractivity contribution < 1.29 is 19.4 Å². The molecule has 194 valence electrons. The Balaban J connectivity index is 1.23. The number of hydrogen-bond donors (Lipinski definition) is 1. The van der Waals surface area contributed by atoms with Crippen molar-refractivity contribution in [2.75, 3.05) is 45.2 Å². The monoisotopic (exact) mass is 493 g/mol. The number of piperidine rings is 1. The van der Waals surface area contributed by atoms with E-state index in [1.807, 2.05) is 71.3 Å². The van der Waals surface area contributed by atoms with Gasteiger partial charge in [0.25, 0.3) is 5.91 Å². The fourth-order valence-corrected chi connectivity index (χ4v) is 5.24. The SMILES string of the molecule is CN(C)CC(O)CCCCOc1ccc(C(=O)N2CCC(N3C(=O)CCc4ccccc43)CC2)cc1. The topological polar surface area (TPSA) is 73.3 Å². The number of para-hydroxylation sites is 1. The van der Waals surface area contributed by atoms with Crippen molar-refractivity contribution in [1.29, 1.82) is 0 Å². The highest BCUT2D eigenvalue weighted by molar-refractivity contribution is 5.97. The zero-order valence-electron chi connectivity index (χ0n) is 21.6. The molecule has 2 aromatic rings. The fraction of sp³-hybridized carbons (Fsp3) is 0.517. The summed E-state index contributed by atoms with van der Waals surface area (Å²) in [6.45, 7) is 2.56. The number of carbonyl (C=O) groups is 2. The summed E-state index contributed by atoms with van der Waals surface area (Å²) < 4.78 is 5.81. The predicted octanol–water partition coefficient (Wildman–Crippen LogP) is 3.74. The van der Waals surface area contributed by atoms with Crippen LogP contribution in [0.4, 0.5) is 5.69 Å². The predicted molar refractivity (Wildman–Crippen MR) is 142 cm³/mol. The van der Waals surface area contributed by atoms with Crippen LogP contribution in [0.2, 0.25) is 0 Å². The Kier molecular flexibility index (Phi) is 8.99. The summed E-state index contributed by atoms with van der Waals surface area (Å²) >= 11 is 0. The largest absolute Gasteiger partial charge is 0.494 e. The molecule has 0 bridgehead atoms. The maximum absolute atomic E-state index is 13.1. The van der Waals surface area contributed by atoms with Crippen LogP contribution >= 0.6 is 0 Å². The van der Waals surface area contributed by atoms with Gasteiger partial charge in [0, 0.05) is 43.3 Å². The van der Waals surface area contributed by atoms with Crippen molar-refractivity contribution in [3.05, 3.63) is 59.7 Å². The Labute approximate surface area is 214 Å². The highest BCUT2D eigenvalue weighted by Gasteiger charge is 2.33. The number of ether oxygens (including phenoxy) is 1. The van der Waals surface area contributed by atoms with Crippen LogP contribution in [-0.2, 0) is 11.2 Å². The number of nitrogens with zero attached hydrogens (tertiary/aromatic N) is 3. The van der Waals surface area contributed by atoms with E-state index in [0.717, 1.165) is 50.0 Å². The molecule has 7 nitrogen and oxygen atoms in total. The highest BCUT2D eigenvalue weighted by atomic mass is 16.5. The van der Waals surface area contributed by atoms with Crippen LogP contribution in [0.15, 0.2) is 48.5 Å². The maximum atomic E-state index is 13.1. The molecule has 2 amide bonds. The van der Waals surface area contributed by atoms with Crippen molar-refractivity contribution in [3.8, 4) is 5.75 Å². The minimum Gasteiger partial charge on any atom is -0.494 e. The number of aryl methyl sites for hydroxylation is 1. The molecule has 0 radical (unpaired) electrons. The first kappa shape index (κ1) is 26.2. The zero-order valence-corrected chi connectivity index (χ0v) is 21.6. The smallest absolute Gasteiger partial charge is 0.253 e. The van der Waals surface area contributed by atoms with Crippen LogP contribution < -0.4 is 9.64 Å². The van der Waals surface area contributed by atoms with E-state index in [0.29, 0.717) is 38.2 Å². The zero-order chi connectivity index (χ0) is 25.5. The molecule has 1 N–H and O–H groups in total. The number of rotatable bonds is 10. The molecule has 2 aromatic carbocycles. The second-order valence-corrected chi connectivity index (χ2v) is 10.2. The Hall–Kier alpha value is -2.90. The number of aliphatic hydroxyl groups is 1. The summed E-state index contributed by atoms with van der Waals surface area (Å²) in [4.78, 5) is 31.7. The summed E-state index contributed by atoms with van der Waals surface area (Å²) in [5.74, 6) is 0.973. The number of hydrogen-bond acceptors (Lipinski definition) is 5. The molecule has 4 rings (SSSR count). The Morgan fingerprint density at radius 1 is 1.06 bits per heavy atom. The van der Waals surface area contributed by atoms with Crippen LogP contribution in [0.25, 0.3) is 0 Å². The highest BCUT2D eigenvalue weighted by Crippen LogP contribution is 2.32. The lowest BCUT2D eigenvalue weighted by Gasteiger charge is -2.41. The second kappa shape index (κ2) is 12.4. The van der Waals surface area contributed by atoms with Crippen molar-refractivity contribution in [2.24, 2.45) is 0 Å². The summed E-state index contributed by atoms with van der Waals surface area (Å²) in [6, 6.07) is 15.7. The molecule has 2 heterocycles. The minimum absolute atomic E-state index is 0.0280. The lowest BCUT2D eigenvalue weighted by atomic mass is 9.95. The van der Waals surface area contributed by atoms with Gasteiger partial charge in [0.15, 0.2) is 0 Å². The number of likely N-dealkylation sites (tertiary alicyclic amines) is 1. The Morgan fingerprint density at radius 3 is 2.50 bits per heavy atom. The summed E-state index contributed by atoms with van der Waals surface area (Å²) in [5.41, 5.74) is 2.94. The first-order valence-corrected chi connectivity index (χ1v) is 13.2. The van der Waals surface area contributed by atoms with Crippen molar-refractivity contribution in [2.45, 2.75) is 57.1 Å². The van der Waals surface area contributed by atoms with Gasteiger partial charge in [0.05, 0.1) is 12.7 Å². The molecular weight excluding hydrogens is 454 g/mol. The van der Waals surface area contributed by atoms with E-state index in [9.17, 15) is 14.7 Å². The molecule has 0 aromatic heterocycles. The number of fused-ring (bicyclic) bond motifs is 1. The molecule has 2 aliphatic rings. The molecule has 1 saturated heterocycles. The summed E-state index contributed by atoms with van der Waals surface area (Å²) in [6.07, 6.45) is 5.20. The molecule has 1 fully saturated rings. The third-order valence-corrected chi connectivity index (χ3v) is 7.12. The van der Waals surface area contributed by atoms with E-state index in [-0.39, 0.29) is 24.0 Å². The number of benzene rings is 2. The Bertz CT molecular complexity index is 1020. The number of carbonyl (C=O) groups excluding carboxylic acids is 2. The number of anilines is 1. The van der Waals surface area contributed by atoms with Gasteiger partial charge in [-0.05, 0) is 88.5 Å². The molecule has 36 heavy (non-hydrogen) atoms. The lowest BCUT2D eigenvalue weighted by Crippen LogP contribution is -2.50. The van der Waals surface area contributed by atoms with Crippen LogP contribution in [0.5, 0.6) is 5.75 Å². The summed E-state index contributed by atoms with van der Waals surface area (Å²) in [5, 5.41) is 9.92. The standard InChI is InChI=1S/C29H39N3O4/c1-30(2)21-25(33)8-5-6-20-36-26-13-10-23(11-14-26)29(35)31-18-16-24(17-19-31)32-27-9-4-3-7-22(27)12-15-28(32)34/h3-4,7,9-11,13-14,24-25,33H,5-6,8,12,15-21H2,1-2H3. The summed E-state index contributed by atoms with van der Waals surface area (Å²) in [7, 11) is 3.92. The second-order valence-electron chi connectivity index (χ2n) is 10.2. The first-order chi connectivity index (χ1) is 17.4. The molecule has 1 unspecified atom stereocenters. The molecule has 0 saturated carbocycles. The van der Waals surface area contributed by atoms with Gasteiger partial charge in [-0.1, -0.05) is 18.2 Å². The van der Waals surface area contributed by atoms with Gasteiger partial charge in [0.2, 0.25) is 5.91 Å². The van der Waals surface area contributed by atoms with Crippen LogP contribution in [-0.4, -0.2) is 79.2 Å². The van der Waals surface area contributed by atoms with Gasteiger partial charge >= 0.3 is 0 Å². The normalized spacial score (nSPS) is 17.3. The average Bonchev–Trinajstić information content (AvgIpc) is 2.88. The van der Waals surface area contributed by atoms with Crippen LogP contribution in [0, 0.1) is 0 Å². The quantitative estimate of drug-likeness (QED) is 0.511. The molecule has 1 atom stereocenters. The van der Waals surface area contributed by atoms with Gasteiger partial charge in [0.1, 0.15) is 5.75 Å². The van der Waals surface area contributed by atoms with Crippen molar-refractivity contribution in [3.63, 3.8) is 0 Å². The molecule has 0 aliphatic carbocycles. The number of likely N-dealkylation sites (N-methyl/N-ethyl adjacent to an activating group) is 1. The van der Waals surface area contributed by atoms with E-state index in [1.165, 1.54) is 5.56 Å². The molecular formula is C29H39N3O4. The van der Waals surface area contributed by atoms with Gasteiger partial charge in [-0.15, -0.1) is 0 Å². The lowest BCUT2D eigenvalue weighted by molar-refractivity contribution is -0.119. The maximum Gasteiger partial charge on any atom is 0.253 e. The Morgan fingerprint density at radius 2 is 1.78 bits per heavy atom. The molecule has 7 heteroatoms. The van der Waals surface area contributed by atoms with E-state index >= 15 is 0 Å². The van der Waals surface area contributed by atoms with E-state index in [1.54, 1.807) is 0 Å². The third-order valence-electron chi connectivity index (χ3n) is 7.12. The number of amides is 2. The van der Waals surface area contributed by atoms with Gasteiger partial charge in [-0.3, -0.25) is 9.59 Å². The number of aliphatic hydroxyl groups excluding tert-OH is 1. The van der Waals surface area contributed by atoms with Crippen molar-refractivity contribution in [1.82, 2.24) is 9.80 Å². The van der Waals surface area contributed by atoms with E-state index < -0.39 is 0 Å². The minimum atomic E-state index is -0.300. The average molecular weight is 494 g/mol. The van der Waals surface area contributed by atoms with Crippen molar-refractivity contribution >= 4 is 17.5 Å². The van der Waals surface area contributed by atoms with Crippen LogP contribution in [0.1, 0.15) is 54.4 Å². The number of unbranched alkanes of at least 4 members (excludes halogenated alkanes) is 1. The van der Waals surface area contributed by atoms with E-state index in [4.69, 9.17) is 4.74 Å². The van der Waals surface area contributed by atoms with E-state index in [2.05, 4.69) is 6.07 Å².